The number of hydrogen-bond acceptors (Lipinski definition) is 5. The molecule has 1 aliphatic heterocycles. The molecule has 1 atom stereocenters. The van der Waals surface area contributed by atoms with Crippen molar-refractivity contribution in [3.05, 3.63) is 12.2 Å². The van der Waals surface area contributed by atoms with E-state index in [1.165, 1.54) is 19.3 Å². The summed E-state index contributed by atoms with van der Waals surface area (Å²) in [7, 11) is 1.74. The fraction of sp³-hybridized carbons (Fsp3) is 0.867. The van der Waals surface area contributed by atoms with Crippen molar-refractivity contribution >= 4 is 0 Å². The van der Waals surface area contributed by atoms with Gasteiger partial charge in [-0.1, -0.05) is 6.42 Å². The molecule has 1 fully saturated rings. The molecule has 0 saturated carbocycles. The standard InChI is InChI=1S/C15H29N5O/c1-13(2)20-15(17-12-18-20)11-19-8-5-4-6-14(19)10-16-7-9-21-3/h12-14,16H,4-11H2,1-3H3. The van der Waals surface area contributed by atoms with Gasteiger partial charge in [-0.05, 0) is 33.2 Å². The average molecular weight is 295 g/mol. The molecule has 2 rings (SSSR count). The van der Waals surface area contributed by atoms with Crippen LogP contribution in [0.15, 0.2) is 6.33 Å². The number of nitrogens with zero attached hydrogens (tertiary/aromatic N) is 4. The van der Waals surface area contributed by atoms with Crippen LogP contribution in [0.5, 0.6) is 0 Å². The van der Waals surface area contributed by atoms with Gasteiger partial charge < -0.3 is 10.1 Å². The number of aromatic nitrogens is 3. The third-order valence-corrected chi connectivity index (χ3v) is 4.09. The van der Waals surface area contributed by atoms with Gasteiger partial charge in [-0.2, -0.15) is 5.10 Å². The van der Waals surface area contributed by atoms with Crippen LogP contribution < -0.4 is 5.32 Å². The summed E-state index contributed by atoms with van der Waals surface area (Å²) < 4.78 is 7.12. The van der Waals surface area contributed by atoms with Gasteiger partial charge in [0.25, 0.3) is 0 Å². The van der Waals surface area contributed by atoms with Gasteiger partial charge in [0, 0.05) is 32.3 Å². The monoisotopic (exact) mass is 295 g/mol. The number of hydrogen-bond donors (Lipinski definition) is 1. The van der Waals surface area contributed by atoms with Gasteiger partial charge >= 0.3 is 0 Å². The minimum atomic E-state index is 0.366. The first kappa shape index (κ1) is 16.4. The molecule has 2 heterocycles. The second-order valence-corrected chi connectivity index (χ2v) is 6.03. The van der Waals surface area contributed by atoms with Crippen LogP contribution in [-0.4, -0.2) is 59.1 Å². The second-order valence-electron chi connectivity index (χ2n) is 6.03. The lowest BCUT2D eigenvalue weighted by molar-refractivity contribution is 0.127. The van der Waals surface area contributed by atoms with Gasteiger partial charge in [-0.15, -0.1) is 0 Å². The molecular formula is C15H29N5O. The lowest BCUT2D eigenvalue weighted by Crippen LogP contribution is -2.45. The first-order chi connectivity index (χ1) is 10.2. The Morgan fingerprint density at radius 3 is 3.05 bits per heavy atom. The smallest absolute Gasteiger partial charge is 0.141 e. The molecule has 0 bridgehead atoms. The summed E-state index contributed by atoms with van der Waals surface area (Å²) in [4.78, 5) is 6.99. The Hall–Kier alpha value is -0.980. The van der Waals surface area contributed by atoms with Crippen LogP contribution >= 0.6 is 0 Å². The zero-order valence-corrected chi connectivity index (χ0v) is 13.6. The number of nitrogens with one attached hydrogen (secondary N) is 1. The third kappa shape index (κ3) is 4.76. The van der Waals surface area contributed by atoms with E-state index < -0.39 is 0 Å². The lowest BCUT2D eigenvalue weighted by Gasteiger charge is -2.35. The van der Waals surface area contributed by atoms with Crippen LogP contribution in [0.4, 0.5) is 0 Å². The van der Waals surface area contributed by atoms with E-state index >= 15 is 0 Å². The van der Waals surface area contributed by atoms with Gasteiger partial charge in [0.15, 0.2) is 0 Å². The van der Waals surface area contributed by atoms with Crippen LogP contribution in [0.2, 0.25) is 0 Å². The fourth-order valence-electron chi connectivity index (χ4n) is 2.94. The van der Waals surface area contributed by atoms with E-state index in [1.54, 1.807) is 13.4 Å². The molecule has 1 aromatic heterocycles. The van der Waals surface area contributed by atoms with E-state index in [0.717, 1.165) is 38.6 Å². The zero-order valence-electron chi connectivity index (χ0n) is 13.6. The minimum absolute atomic E-state index is 0.366. The summed E-state index contributed by atoms with van der Waals surface area (Å²) in [5.41, 5.74) is 0. The van der Waals surface area contributed by atoms with E-state index in [4.69, 9.17) is 4.74 Å². The van der Waals surface area contributed by atoms with Crippen LogP contribution in [0.25, 0.3) is 0 Å². The largest absolute Gasteiger partial charge is 0.383 e. The highest BCUT2D eigenvalue weighted by Gasteiger charge is 2.23. The number of ether oxygens (including phenoxy) is 1. The van der Waals surface area contributed by atoms with Crippen LogP contribution in [0.1, 0.15) is 45.0 Å². The quantitative estimate of drug-likeness (QED) is 0.736. The molecule has 0 amide bonds. The maximum absolute atomic E-state index is 5.09. The Morgan fingerprint density at radius 2 is 2.29 bits per heavy atom. The van der Waals surface area contributed by atoms with Crippen molar-refractivity contribution < 1.29 is 4.74 Å². The molecule has 120 valence electrons. The van der Waals surface area contributed by atoms with Crippen molar-refractivity contribution in [1.82, 2.24) is 25.0 Å². The number of piperidine rings is 1. The molecule has 1 unspecified atom stereocenters. The molecule has 1 aliphatic rings. The molecule has 0 aliphatic carbocycles. The van der Waals surface area contributed by atoms with Gasteiger partial charge in [0.05, 0.1) is 13.2 Å². The summed E-state index contributed by atoms with van der Waals surface area (Å²) >= 11 is 0. The molecule has 1 aromatic rings. The Kier molecular flexibility index (Phi) is 6.60. The molecule has 1 saturated heterocycles. The molecule has 1 N–H and O–H groups in total. The molecule has 0 spiro atoms. The number of rotatable bonds is 8. The van der Waals surface area contributed by atoms with Gasteiger partial charge in [-0.25, -0.2) is 9.67 Å². The number of methoxy groups -OCH3 is 1. The summed E-state index contributed by atoms with van der Waals surface area (Å²) in [5.74, 6) is 1.08. The Bertz CT molecular complexity index is 407. The van der Waals surface area contributed by atoms with Crippen molar-refractivity contribution in [3.63, 3.8) is 0 Å². The molecule has 21 heavy (non-hydrogen) atoms. The van der Waals surface area contributed by atoms with Crippen molar-refractivity contribution in [2.45, 2.75) is 51.7 Å². The Morgan fingerprint density at radius 1 is 1.43 bits per heavy atom. The minimum Gasteiger partial charge on any atom is -0.383 e. The SMILES string of the molecule is COCCNCC1CCCCN1Cc1ncnn1C(C)C. The molecular weight excluding hydrogens is 266 g/mol. The van der Waals surface area contributed by atoms with E-state index in [-0.39, 0.29) is 0 Å². The summed E-state index contributed by atoms with van der Waals surface area (Å²) in [6.07, 6.45) is 5.54. The number of likely N-dealkylation sites (tertiary alicyclic amines) is 1. The Labute approximate surface area is 127 Å². The molecule has 6 heteroatoms. The maximum Gasteiger partial charge on any atom is 0.141 e. The highest BCUT2D eigenvalue weighted by Crippen LogP contribution is 2.19. The fourth-order valence-corrected chi connectivity index (χ4v) is 2.94. The summed E-state index contributed by atoms with van der Waals surface area (Å²) in [6, 6.07) is 0.957. The molecule has 0 radical (unpaired) electrons. The van der Waals surface area contributed by atoms with Gasteiger partial charge in [0.1, 0.15) is 12.2 Å². The second kappa shape index (κ2) is 8.46. The zero-order chi connectivity index (χ0) is 15.1. The van der Waals surface area contributed by atoms with E-state index in [1.807, 2.05) is 4.68 Å². The topological polar surface area (TPSA) is 55.2 Å². The normalized spacial score (nSPS) is 20.3. The van der Waals surface area contributed by atoms with Gasteiger partial charge in [0.2, 0.25) is 0 Å². The maximum atomic E-state index is 5.09. The molecule has 6 nitrogen and oxygen atoms in total. The van der Waals surface area contributed by atoms with Crippen LogP contribution in [-0.2, 0) is 11.3 Å². The van der Waals surface area contributed by atoms with Crippen molar-refractivity contribution in [1.29, 1.82) is 0 Å². The van der Waals surface area contributed by atoms with Crippen LogP contribution in [0.3, 0.4) is 0 Å². The highest BCUT2D eigenvalue weighted by atomic mass is 16.5. The van der Waals surface area contributed by atoms with E-state index in [2.05, 4.69) is 34.1 Å². The predicted molar refractivity (Wildman–Crippen MR) is 83.2 cm³/mol. The first-order valence-electron chi connectivity index (χ1n) is 8.04. The third-order valence-electron chi connectivity index (χ3n) is 4.09. The highest BCUT2D eigenvalue weighted by molar-refractivity contribution is 4.90. The van der Waals surface area contributed by atoms with E-state index in [0.29, 0.717) is 12.1 Å². The lowest BCUT2D eigenvalue weighted by atomic mass is 10.0. The summed E-state index contributed by atoms with van der Waals surface area (Å²) in [5, 5.41) is 7.83. The Balaban J connectivity index is 1.90. The van der Waals surface area contributed by atoms with Crippen molar-refractivity contribution in [3.8, 4) is 0 Å². The van der Waals surface area contributed by atoms with Crippen molar-refractivity contribution in [2.75, 3.05) is 33.4 Å². The predicted octanol–water partition coefficient (Wildman–Crippen LogP) is 1.45. The van der Waals surface area contributed by atoms with Gasteiger partial charge in [-0.3, -0.25) is 4.90 Å². The first-order valence-corrected chi connectivity index (χ1v) is 8.04. The van der Waals surface area contributed by atoms with E-state index in [9.17, 15) is 0 Å². The molecule has 0 aromatic carbocycles. The summed E-state index contributed by atoms with van der Waals surface area (Å²) in [6.45, 7) is 9.07. The van der Waals surface area contributed by atoms with Crippen LogP contribution in [0, 0.1) is 0 Å². The van der Waals surface area contributed by atoms with Crippen molar-refractivity contribution in [2.24, 2.45) is 0 Å². The average Bonchev–Trinajstić information content (AvgIpc) is 2.93.